The molecule has 0 bridgehead atoms. The number of para-hydroxylation sites is 1. The van der Waals surface area contributed by atoms with Crippen molar-refractivity contribution in [3.63, 3.8) is 0 Å². The standard InChI is InChI=1S/C28H28FN3O5S2/c1-3-27(15-30)13-28(4-2,14-27)16-37-22-12-21-24(10-19(22)23-11-20(29)25(38-23)26(33)34)39(35,36)31-17-32(21)18-8-6-5-7-9-18/h5-12,31H,3-4,13-14,16-17H2,1-2H3,(H,33,34). The Kier molecular flexibility index (Phi) is 6.91. The number of aromatic carboxylic acids is 1. The summed E-state index contributed by atoms with van der Waals surface area (Å²) in [5, 5.41) is 19.1. The Morgan fingerprint density at radius 1 is 1.21 bits per heavy atom. The zero-order chi connectivity index (χ0) is 28.0. The molecule has 1 saturated carbocycles. The maximum Gasteiger partial charge on any atom is 0.348 e. The van der Waals surface area contributed by atoms with E-state index in [1.54, 1.807) is 11.0 Å². The number of fused-ring (bicyclic) bond motifs is 1. The predicted molar refractivity (Wildman–Crippen MR) is 146 cm³/mol. The third-order valence-corrected chi connectivity index (χ3v) is 10.4. The van der Waals surface area contributed by atoms with Crippen molar-refractivity contribution >= 4 is 38.7 Å². The summed E-state index contributed by atoms with van der Waals surface area (Å²) < 4.78 is 49.7. The fraction of sp³-hybridized carbons (Fsp3) is 0.357. The van der Waals surface area contributed by atoms with Crippen molar-refractivity contribution < 1.29 is 27.4 Å². The topological polar surface area (TPSA) is 120 Å². The molecule has 1 aliphatic carbocycles. The minimum atomic E-state index is -3.90. The number of sulfonamides is 1. The van der Waals surface area contributed by atoms with Crippen LogP contribution in [0.4, 0.5) is 15.8 Å². The first kappa shape index (κ1) is 27.1. The fourth-order valence-electron chi connectivity index (χ4n) is 5.56. The molecule has 1 aliphatic heterocycles. The van der Waals surface area contributed by atoms with Crippen LogP contribution in [0.25, 0.3) is 10.4 Å². The lowest BCUT2D eigenvalue weighted by Crippen LogP contribution is -2.48. The van der Waals surface area contributed by atoms with Gasteiger partial charge in [-0.05, 0) is 49.9 Å². The van der Waals surface area contributed by atoms with Crippen LogP contribution in [-0.4, -0.2) is 32.8 Å². The highest BCUT2D eigenvalue weighted by molar-refractivity contribution is 7.89. The van der Waals surface area contributed by atoms with Gasteiger partial charge in [0, 0.05) is 27.6 Å². The largest absolute Gasteiger partial charge is 0.492 e. The molecule has 11 heteroatoms. The number of ether oxygens (including phenoxy) is 1. The lowest BCUT2D eigenvalue weighted by Gasteiger charge is -2.52. The molecule has 2 N–H and O–H groups in total. The number of hydrogen-bond donors (Lipinski definition) is 2. The Bertz CT molecular complexity index is 1570. The molecule has 0 amide bonds. The van der Waals surface area contributed by atoms with Crippen LogP contribution in [0, 0.1) is 28.0 Å². The van der Waals surface area contributed by atoms with Crippen LogP contribution in [0.2, 0.25) is 0 Å². The second kappa shape index (κ2) is 9.93. The molecular formula is C28H28FN3O5S2. The SMILES string of the molecule is CCC1(C#N)CC(CC)(COc2cc3c(cc2-c2cc(F)c(C(=O)O)s2)S(=O)(=O)NCN3c2ccccc2)C1. The number of nitriles is 1. The van der Waals surface area contributed by atoms with E-state index < -0.39 is 26.7 Å². The molecule has 5 rings (SSSR count). The average Bonchev–Trinajstić information content (AvgIpc) is 3.30. The molecule has 2 aromatic carbocycles. The highest BCUT2D eigenvalue weighted by atomic mass is 32.2. The van der Waals surface area contributed by atoms with Crippen molar-refractivity contribution in [2.45, 2.75) is 44.4 Å². The number of nitrogens with one attached hydrogen (secondary N) is 1. The van der Waals surface area contributed by atoms with Crippen LogP contribution < -0.4 is 14.4 Å². The van der Waals surface area contributed by atoms with Gasteiger partial charge in [0.15, 0.2) is 0 Å². The number of nitrogens with zero attached hydrogens (tertiary/aromatic N) is 2. The zero-order valence-corrected chi connectivity index (χ0v) is 23.2. The van der Waals surface area contributed by atoms with Gasteiger partial charge in [-0.25, -0.2) is 17.6 Å². The van der Waals surface area contributed by atoms with Crippen LogP contribution in [0.15, 0.2) is 53.4 Å². The molecule has 39 heavy (non-hydrogen) atoms. The van der Waals surface area contributed by atoms with Crippen LogP contribution in [0.5, 0.6) is 5.75 Å². The highest BCUT2D eigenvalue weighted by Gasteiger charge is 2.53. The molecule has 2 heterocycles. The van der Waals surface area contributed by atoms with Gasteiger partial charge in [-0.3, -0.25) is 0 Å². The summed E-state index contributed by atoms with van der Waals surface area (Å²) in [4.78, 5) is 13.1. The molecule has 8 nitrogen and oxygen atoms in total. The summed E-state index contributed by atoms with van der Waals surface area (Å²) in [6.45, 7) is 4.35. The normalized spacial score (nSPS) is 23.4. The van der Waals surface area contributed by atoms with Crippen molar-refractivity contribution in [1.82, 2.24) is 4.72 Å². The molecule has 0 atom stereocenters. The number of halogens is 1. The third kappa shape index (κ3) is 4.77. The van der Waals surface area contributed by atoms with Crippen molar-refractivity contribution in [3.8, 4) is 22.3 Å². The molecule has 0 saturated heterocycles. The number of carboxylic acid groups (broad SMARTS) is 1. The van der Waals surface area contributed by atoms with Gasteiger partial charge in [-0.2, -0.15) is 9.98 Å². The number of carbonyl (C=O) groups is 1. The summed E-state index contributed by atoms with van der Waals surface area (Å²) in [6.07, 6.45) is 2.92. The van der Waals surface area contributed by atoms with Gasteiger partial charge in [0.25, 0.3) is 0 Å². The Morgan fingerprint density at radius 2 is 1.92 bits per heavy atom. The number of thiophene rings is 1. The van der Waals surface area contributed by atoms with Crippen LogP contribution >= 0.6 is 11.3 Å². The van der Waals surface area contributed by atoms with Crippen molar-refractivity contribution in [3.05, 3.63) is 59.2 Å². The van der Waals surface area contributed by atoms with E-state index in [-0.39, 0.29) is 39.4 Å². The first-order valence-electron chi connectivity index (χ1n) is 12.6. The van der Waals surface area contributed by atoms with E-state index in [9.17, 15) is 28.0 Å². The molecule has 2 aliphatic rings. The maximum atomic E-state index is 14.5. The van der Waals surface area contributed by atoms with Gasteiger partial charge in [0.05, 0.1) is 30.4 Å². The second-order valence-electron chi connectivity index (χ2n) is 10.2. The third-order valence-electron chi connectivity index (χ3n) is 7.89. The minimum Gasteiger partial charge on any atom is -0.492 e. The number of anilines is 2. The lowest BCUT2D eigenvalue weighted by molar-refractivity contribution is -0.0403. The van der Waals surface area contributed by atoms with E-state index in [0.717, 1.165) is 35.9 Å². The van der Waals surface area contributed by atoms with E-state index in [1.165, 1.54) is 6.07 Å². The highest BCUT2D eigenvalue weighted by Crippen LogP contribution is 2.58. The predicted octanol–water partition coefficient (Wildman–Crippen LogP) is 6.13. The molecule has 0 unspecified atom stereocenters. The lowest BCUT2D eigenvalue weighted by atomic mass is 9.51. The molecule has 3 aromatic rings. The van der Waals surface area contributed by atoms with E-state index in [4.69, 9.17) is 4.74 Å². The van der Waals surface area contributed by atoms with Crippen LogP contribution in [0.1, 0.15) is 49.2 Å². The molecule has 1 fully saturated rings. The molecule has 0 radical (unpaired) electrons. The van der Waals surface area contributed by atoms with Crippen molar-refractivity contribution in [2.75, 3.05) is 18.2 Å². The van der Waals surface area contributed by atoms with Crippen LogP contribution in [0.3, 0.4) is 0 Å². The quantitative estimate of drug-likeness (QED) is 0.335. The van der Waals surface area contributed by atoms with Gasteiger partial charge in [0.2, 0.25) is 10.0 Å². The van der Waals surface area contributed by atoms with Crippen molar-refractivity contribution in [1.29, 1.82) is 5.26 Å². The number of hydrogen-bond acceptors (Lipinski definition) is 7. The zero-order valence-electron chi connectivity index (χ0n) is 21.5. The molecule has 0 spiro atoms. The molecular weight excluding hydrogens is 541 g/mol. The fourth-order valence-corrected chi connectivity index (χ4v) is 7.63. The Morgan fingerprint density at radius 3 is 2.51 bits per heavy atom. The molecule has 204 valence electrons. The van der Waals surface area contributed by atoms with E-state index in [1.807, 2.05) is 37.3 Å². The van der Waals surface area contributed by atoms with E-state index in [0.29, 0.717) is 24.3 Å². The van der Waals surface area contributed by atoms with E-state index >= 15 is 0 Å². The summed E-state index contributed by atoms with van der Waals surface area (Å²) >= 11 is 0.722. The van der Waals surface area contributed by atoms with E-state index in [2.05, 4.69) is 17.7 Å². The summed E-state index contributed by atoms with van der Waals surface area (Å²) in [5.41, 5.74) is 0.848. The van der Waals surface area contributed by atoms with Gasteiger partial charge >= 0.3 is 5.97 Å². The van der Waals surface area contributed by atoms with Gasteiger partial charge in [0.1, 0.15) is 21.3 Å². The average molecular weight is 570 g/mol. The van der Waals surface area contributed by atoms with Crippen molar-refractivity contribution in [2.24, 2.45) is 10.8 Å². The van der Waals surface area contributed by atoms with Gasteiger partial charge in [-0.1, -0.05) is 32.0 Å². The Labute approximate surface area is 230 Å². The smallest absolute Gasteiger partial charge is 0.348 e. The van der Waals surface area contributed by atoms with Crippen LogP contribution in [-0.2, 0) is 10.0 Å². The number of rotatable bonds is 8. The first-order chi connectivity index (χ1) is 18.6. The monoisotopic (exact) mass is 569 g/mol. The first-order valence-corrected chi connectivity index (χ1v) is 14.9. The Balaban J connectivity index is 1.62. The summed E-state index contributed by atoms with van der Waals surface area (Å²) in [5.74, 6) is -1.98. The number of benzene rings is 2. The summed E-state index contributed by atoms with van der Waals surface area (Å²) in [6, 6.07) is 15.9. The number of carboxylic acids is 1. The summed E-state index contributed by atoms with van der Waals surface area (Å²) in [7, 11) is -3.90. The molecule has 1 aromatic heterocycles. The maximum absolute atomic E-state index is 14.5. The van der Waals surface area contributed by atoms with Gasteiger partial charge in [-0.15, -0.1) is 11.3 Å². The Hall–Kier alpha value is -3.46. The van der Waals surface area contributed by atoms with Gasteiger partial charge < -0.3 is 14.7 Å². The second-order valence-corrected chi connectivity index (χ2v) is 13.0. The minimum absolute atomic E-state index is 0.00894.